The number of benzene rings is 2. The Hall–Kier alpha value is -3.78. The number of carbonyl (C=O) groups excluding carboxylic acids is 1. The predicted molar refractivity (Wildman–Crippen MR) is 164 cm³/mol. The number of aromatic nitrogens is 1. The molecule has 1 amide bonds. The van der Waals surface area contributed by atoms with E-state index in [0.717, 1.165) is 43.2 Å². The molecule has 1 saturated heterocycles. The molecule has 1 aliphatic carbocycles. The Morgan fingerprint density at radius 2 is 1.72 bits per heavy atom. The number of nitrogens with one attached hydrogen (secondary N) is 1. The number of carbonyl (C=O) groups is 2. The van der Waals surface area contributed by atoms with Crippen LogP contribution in [0.15, 0.2) is 66.9 Å². The van der Waals surface area contributed by atoms with Crippen molar-refractivity contribution in [2.75, 3.05) is 7.11 Å². The molecule has 4 atom stereocenters. The molecule has 0 radical (unpaired) electrons. The molecule has 0 unspecified atom stereocenters. The minimum Gasteiger partial charge on any atom is -0.495 e. The molecular formula is C35H42FN3O4. The lowest BCUT2D eigenvalue weighted by molar-refractivity contribution is -0.154. The molecule has 228 valence electrons. The monoisotopic (exact) mass is 587 g/mol. The number of carboxylic acids is 1. The molecule has 1 aromatic heterocycles. The summed E-state index contributed by atoms with van der Waals surface area (Å²) in [4.78, 5) is 33.5. The zero-order valence-electron chi connectivity index (χ0n) is 25.4. The van der Waals surface area contributed by atoms with Gasteiger partial charge in [-0.2, -0.15) is 0 Å². The maximum absolute atomic E-state index is 14.7. The summed E-state index contributed by atoms with van der Waals surface area (Å²) in [5, 5.41) is 14.4. The summed E-state index contributed by atoms with van der Waals surface area (Å²) < 4.78 is 20.3. The fraction of sp³-hybridized carbons (Fsp3) is 0.457. The first-order chi connectivity index (χ1) is 20.6. The first-order valence-corrected chi connectivity index (χ1v) is 15.2. The van der Waals surface area contributed by atoms with Crippen LogP contribution in [0.4, 0.5) is 4.39 Å². The predicted octanol–water partition coefficient (Wildman–Crippen LogP) is 6.63. The van der Waals surface area contributed by atoms with E-state index in [1.807, 2.05) is 57.2 Å². The van der Waals surface area contributed by atoms with Gasteiger partial charge in [0.25, 0.3) is 0 Å². The minimum atomic E-state index is -0.995. The number of pyridine rings is 1. The molecule has 0 spiro atoms. The molecule has 2 N–H and O–H groups in total. The Kier molecular flexibility index (Phi) is 9.16. The lowest BCUT2D eigenvalue weighted by Crippen LogP contribution is -2.49. The number of amides is 1. The Morgan fingerprint density at radius 1 is 1.05 bits per heavy atom. The first-order valence-electron chi connectivity index (χ1n) is 15.2. The van der Waals surface area contributed by atoms with Crippen LogP contribution < -0.4 is 10.1 Å². The van der Waals surface area contributed by atoms with Crippen molar-refractivity contribution >= 4 is 11.9 Å². The van der Waals surface area contributed by atoms with Gasteiger partial charge in [0.05, 0.1) is 25.0 Å². The summed E-state index contributed by atoms with van der Waals surface area (Å²) in [5.74, 6) is -1.46. The zero-order valence-corrected chi connectivity index (χ0v) is 25.4. The van der Waals surface area contributed by atoms with Gasteiger partial charge >= 0.3 is 5.97 Å². The first kappa shape index (κ1) is 30.7. The normalized spacial score (nSPS) is 22.9. The number of ether oxygens (including phenoxy) is 1. The second-order valence-corrected chi connectivity index (χ2v) is 12.9. The number of methoxy groups -OCH3 is 1. The van der Waals surface area contributed by atoms with Crippen LogP contribution in [0.1, 0.15) is 70.0 Å². The number of carboxylic acid groups (broad SMARTS) is 1. The molecule has 43 heavy (non-hydrogen) atoms. The van der Waals surface area contributed by atoms with Crippen molar-refractivity contribution in [3.05, 3.63) is 83.8 Å². The van der Waals surface area contributed by atoms with Crippen molar-refractivity contribution in [1.82, 2.24) is 15.2 Å². The number of aliphatic carboxylic acids is 1. The van der Waals surface area contributed by atoms with Gasteiger partial charge in [-0.3, -0.25) is 9.78 Å². The molecule has 8 heteroatoms. The van der Waals surface area contributed by atoms with Crippen LogP contribution in [0.5, 0.6) is 5.75 Å². The molecule has 2 aromatic carbocycles. The highest BCUT2D eigenvalue weighted by Crippen LogP contribution is 2.49. The van der Waals surface area contributed by atoms with Crippen molar-refractivity contribution < 1.29 is 23.8 Å². The van der Waals surface area contributed by atoms with Crippen LogP contribution in [0.2, 0.25) is 0 Å². The highest BCUT2D eigenvalue weighted by Gasteiger charge is 2.58. The SMILES string of the molecule is COc1cnc(-c2ccccc2F)cc1CN[C@H]1[C@H](C(C)(C)C)[C@@H](C(=O)O)N(C(=O)C2CCCCC2)[C@H]1c1ccccc1. The van der Waals surface area contributed by atoms with Crippen LogP contribution in [-0.2, 0) is 16.1 Å². The van der Waals surface area contributed by atoms with Gasteiger partial charge in [0.1, 0.15) is 17.6 Å². The van der Waals surface area contributed by atoms with Gasteiger partial charge in [0.15, 0.2) is 0 Å². The summed E-state index contributed by atoms with van der Waals surface area (Å²) in [6.45, 7) is 6.44. The third-order valence-electron chi connectivity index (χ3n) is 9.12. The van der Waals surface area contributed by atoms with Gasteiger partial charge in [-0.15, -0.1) is 0 Å². The molecule has 2 heterocycles. The molecule has 7 nitrogen and oxygen atoms in total. The summed E-state index contributed by atoms with van der Waals surface area (Å²) in [7, 11) is 1.56. The number of nitrogens with zero attached hydrogens (tertiary/aromatic N) is 2. The van der Waals surface area contributed by atoms with Gasteiger partial charge in [-0.05, 0) is 42.0 Å². The second-order valence-electron chi connectivity index (χ2n) is 12.9. The highest BCUT2D eigenvalue weighted by molar-refractivity contribution is 5.87. The number of hydrogen-bond acceptors (Lipinski definition) is 5. The summed E-state index contributed by atoms with van der Waals surface area (Å²) >= 11 is 0. The summed E-state index contributed by atoms with van der Waals surface area (Å²) in [6, 6.07) is 16.2. The number of rotatable bonds is 8. The Balaban J connectivity index is 1.58. The Morgan fingerprint density at radius 3 is 2.35 bits per heavy atom. The van der Waals surface area contributed by atoms with E-state index in [0.29, 0.717) is 23.6 Å². The van der Waals surface area contributed by atoms with Crippen molar-refractivity contribution in [2.45, 2.75) is 77.5 Å². The lowest BCUT2D eigenvalue weighted by Gasteiger charge is -2.36. The van der Waals surface area contributed by atoms with Crippen LogP contribution in [0, 0.1) is 23.1 Å². The average molecular weight is 588 g/mol. The molecule has 5 rings (SSSR count). The zero-order chi connectivity index (χ0) is 30.7. The average Bonchev–Trinajstić information content (AvgIpc) is 3.37. The van der Waals surface area contributed by atoms with Gasteiger partial charge < -0.3 is 20.1 Å². The number of hydrogen-bond donors (Lipinski definition) is 2. The van der Waals surface area contributed by atoms with E-state index in [9.17, 15) is 19.1 Å². The number of halogens is 1. The fourth-order valence-corrected chi connectivity index (χ4v) is 7.14. The molecule has 0 bridgehead atoms. The van der Waals surface area contributed by atoms with Gasteiger partial charge in [-0.1, -0.05) is 82.5 Å². The topological polar surface area (TPSA) is 91.8 Å². The standard InChI is InChI=1S/C35H42FN3O4/c1-35(2,3)29-30(38-20-24-19-27(37-21-28(24)43-4)25-17-11-12-18-26(25)36)31(22-13-7-5-8-14-22)39(32(29)34(41)42)33(40)23-15-9-6-10-16-23/h5,7-8,11-14,17-19,21,23,29-32,38H,6,9-10,15-16,20H2,1-4H3,(H,41,42)/t29-,30-,31-,32-/m0/s1. The van der Waals surface area contributed by atoms with Crippen molar-refractivity contribution in [2.24, 2.45) is 17.3 Å². The maximum atomic E-state index is 14.7. The summed E-state index contributed by atoms with van der Waals surface area (Å²) in [6.07, 6.45) is 6.22. The summed E-state index contributed by atoms with van der Waals surface area (Å²) in [5.41, 5.74) is 2.08. The smallest absolute Gasteiger partial charge is 0.326 e. The van der Waals surface area contributed by atoms with Crippen molar-refractivity contribution in [1.29, 1.82) is 0 Å². The van der Waals surface area contributed by atoms with Gasteiger partial charge in [-0.25, -0.2) is 9.18 Å². The van der Waals surface area contributed by atoms with E-state index >= 15 is 0 Å². The molecule has 2 aliphatic rings. The largest absolute Gasteiger partial charge is 0.495 e. The highest BCUT2D eigenvalue weighted by atomic mass is 19.1. The molecule has 1 aliphatic heterocycles. The van der Waals surface area contributed by atoms with E-state index < -0.39 is 29.4 Å². The van der Waals surface area contributed by atoms with E-state index in [2.05, 4.69) is 10.3 Å². The third-order valence-corrected chi connectivity index (χ3v) is 9.12. The van der Waals surface area contributed by atoms with E-state index in [1.165, 1.54) is 6.07 Å². The molecule has 1 saturated carbocycles. The van der Waals surface area contributed by atoms with E-state index in [1.54, 1.807) is 36.4 Å². The molecule has 3 aromatic rings. The van der Waals surface area contributed by atoms with Crippen molar-refractivity contribution in [3.63, 3.8) is 0 Å². The van der Waals surface area contributed by atoms with Crippen LogP contribution in [0.25, 0.3) is 11.3 Å². The van der Waals surface area contributed by atoms with E-state index in [-0.39, 0.29) is 23.7 Å². The Labute approximate surface area is 253 Å². The van der Waals surface area contributed by atoms with Gasteiger partial charge in [0.2, 0.25) is 5.91 Å². The lowest BCUT2D eigenvalue weighted by atomic mass is 9.72. The second kappa shape index (κ2) is 12.8. The minimum absolute atomic E-state index is 0.0668. The van der Waals surface area contributed by atoms with Gasteiger partial charge in [0, 0.05) is 35.5 Å². The molecule has 2 fully saturated rings. The Bertz CT molecular complexity index is 1430. The van der Waals surface area contributed by atoms with Crippen LogP contribution in [-0.4, -0.2) is 46.1 Å². The van der Waals surface area contributed by atoms with E-state index in [4.69, 9.17) is 4.74 Å². The van der Waals surface area contributed by atoms with Crippen LogP contribution in [0.3, 0.4) is 0 Å². The maximum Gasteiger partial charge on any atom is 0.326 e. The van der Waals surface area contributed by atoms with Crippen molar-refractivity contribution in [3.8, 4) is 17.0 Å². The quantitative estimate of drug-likeness (QED) is 0.307. The molecular weight excluding hydrogens is 545 g/mol. The van der Waals surface area contributed by atoms with Crippen LogP contribution >= 0.6 is 0 Å². The third kappa shape index (κ3) is 6.30. The fourth-order valence-electron chi connectivity index (χ4n) is 7.14. The number of likely N-dealkylation sites (tertiary alicyclic amines) is 1.